The average molecular weight is 306 g/mol. The fourth-order valence-corrected chi connectivity index (χ4v) is 1.77. The fraction of sp³-hybridized carbons (Fsp3) is 0.636. The zero-order chi connectivity index (χ0) is 16.6. The highest BCUT2D eigenvalue weighted by molar-refractivity contribution is 5.73. The summed E-state index contributed by atoms with van der Waals surface area (Å²) in [4.78, 5) is 44.9. The van der Waals surface area contributed by atoms with Crippen LogP contribution in [0.4, 0.5) is 0 Å². The molecule has 0 aromatic rings. The molecule has 0 aliphatic rings. The minimum atomic E-state index is -1.23. The van der Waals surface area contributed by atoms with Crippen LogP contribution < -0.4 is 0 Å². The first kappa shape index (κ1) is 18.8. The van der Waals surface area contributed by atoms with E-state index in [1.54, 1.807) is 0 Å². The number of aliphatic carboxylic acids is 4. The molecule has 0 aromatic carbocycles. The summed E-state index contributed by atoms with van der Waals surface area (Å²) in [5.41, 5.74) is 0. The van der Waals surface area contributed by atoms with E-state index in [9.17, 15) is 19.2 Å². The van der Waals surface area contributed by atoms with Crippen LogP contribution >= 0.6 is 0 Å². The molecule has 0 fully saturated rings. The van der Waals surface area contributed by atoms with Gasteiger partial charge in [-0.3, -0.25) is 29.0 Å². The van der Waals surface area contributed by atoms with E-state index >= 15 is 0 Å². The van der Waals surface area contributed by atoms with Gasteiger partial charge in [-0.25, -0.2) is 0 Å². The van der Waals surface area contributed by atoms with Crippen molar-refractivity contribution in [3.05, 3.63) is 0 Å². The van der Waals surface area contributed by atoms with E-state index in [0.717, 1.165) is 9.80 Å². The quantitative estimate of drug-likeness (QED) is 0.347. The lowest BCUT2D eigenvalue weighted by Crippen LogP contribution is -2.48. The van der Waals surface area contributed by atoms with Crippen molar-refractivity contribution in [2.24, 2.45) is 0 Å². The van der Waals surface area contributed by atoms with Crippen LogP contribution in [0.1, 0.15) is 6.92 Å². The molecule has 0 saturated heterocycles. The molecule has 21 heavy (non-hydrogen) atoms. The van der Waals surface area contributed by atoms with E-state index in [1.165, 1.54) is 6.92 Å². The first-order valence-electron chi connectivity index (χ1n) is 5.95. The maximum Gasteiger partial charge on any atom is 0.317 e. The summed E-state index contributed by atoms with van der Waals surface area (Å²) in [6.45, 7) is -0.736. The number of carboxylic acids is 4. The van der Waals surface area contributed by atoms with Crippen LogP contribution in [0.2, 0.25) is 0 Å². The number of carbonyl (C=O) groups is 4. The van der Waals surface area contributed by atoms with Crippen LogP contribution in [0.25, 0.3) is 0 Å². The van der Waals surface area contributed by atoms with Gasteiger partial charge in [0.1, 0.15) is 0 Å². The van der Waals surface area contributed by atoms with Crippen molar-refractivity contribution in [3.63, 3.8) is 0 Å². The molecular weight excluding hydrogens is 288 g/mol. The van der Waals surface area contributed by atoms with Gasteiger partial charge in [0.05, 0.1) is 26.2 Å². The molecule has 1 atom stereocenters. The minimum Gasteiger partial charge on any atom is -0.480 e. The van der Waals surface area contributed by atoms with Gasteiger partial charge in [-0.15, -0.1) is 0 Å². The molecule has 0 aliphatic carbocycles. The summed E-state index contributed by atoms with van der Waals surface area (Å²) in [6, 6.07) is -0.643. The Morgan fingerprint density at radius 3 is 1.38 bits per heavy atom. The smallest absolute Gasteiger partial charge is 0.317 e. The van der Waals surface area contributed by atoms with Gasteiger partial charge in [0.2, 0.25) is 0 Å². The second kappa shape index (κ2) is 8.87. The van der Waals surface area contributed by atoms with Gasteiger partial charge in [0.25, 0.3) is 0 Å². The highest BCUT2D eigenvalue weighted by Gasteiger charge is 2.23. The standard InChI is InChI=1S/C11H18N2O8/c1-7(13(5-10(18)19)6-11(20)21)2-12(3-8(14)15)4-9(16)17/h7H,2-6H2,1H3,(H,14,15)(H,16,17)(H,18,19)(H,20,21)/t7-/m1/s1. The molecule has 0 saturated carbocycles. The first-order valence-corrected chi connectivity index (χ1v) is 5.95. The van der Waals surface area contributed by atoms with E-state index in [4.69, 9.17) is 20.4 Å². The Morgan fingerprint density at radius 2 is 1.10 bits per heavy atom. The monoisotopic (exact) mass is 306 g/mol. The Labute approximate surface area is 120 Å². The number of hydrogen-bond donors (Lipinski definition) is 4. The van der Waals surface area contributed by atoms with Crippen molar-refractivity contribution >= 4 is 23.9 Å². The third-order valence-electron chi connectivity index (χ3n) is 2.54. The molecule has 0 amide bonds. The van der Waals surface area contributed by atoms with E-state index in [2.05, 4.69) is 0 Å². The molecule has 0 bridgehead atoms. The van der Waals surface area contributed by atoms with Crippen LogP contribution in [0.5, 0.6) is 0 Å². The van der Waals surface area contributed by atoms with Crippen molar-refractivity contribution in [2.75, 3.05) is 32.7 Å². The maximum atomic E-state index is 10.7. The summed E-state index contributed by atoms with van der Waals surface area (Å²) in [5.74, 6) is -4.92. The minimum absolute atomic E-state index is 0.0842. The molecule has 0 rings (SSSR count). The van der Waals surface area contributed by atoms with Crippen molar-refractivity contribution in [1.29, 1.82) is 0 Å². The Hall–Kier alpha value is -2.20. The van der Waals surface area contributed by atoms with Crippen molar-refractivity contribution < 1.29 is 39.6 Å². The van der Waals surface area contributed by atoms with Gasteiger partial charge in [0.15, 0.2) is 0 Å². The summed E-state index contributed by atoms with van der Waals surface area (Å²) in [6.07, 6.45) is 0. The number of rotatable bonds is 11. The predicted octanol–water partition coefficient (Wildman–Crippen LogP) is -1.68. The van der Waals surface area contributed by atoms with Crippen LogP contribution in [-0.2, 0) is 19.2 Å². The molecule has 0 aliphatic heterocycles. The highest BCUT2D eigenvalue weighted by atomic mass is 16.4. The second-order valence-corrected chi connectivity index (χ2v) is 4.50. The lowest BCUT2D eigenvalue weighted by molar-refractivity contribution is -0.146. The molecule has 10 nitrogen and oxygen atoms in total. The molecule has 0 heterocycles. The van der Waals surface area contributed by atoms with Crippen LogP contribution in [0, 0.1) is 0 Å². The van der Waals surface area contributed by atoms with Crippen molar-refractivity contribution in [3.8, 4) is 0 Å². The summed E-state index contributed by atoms with van der Waals surface area (Å²) >= 11 is 0. The Morgan fingerprint density at radius 1 is 0.762 bits per heavy atom. The lowest BCUT2D eigenvalue weighted by atomic mass is 10.2. The Balaban J connectivity index is 4.81. The second-order valence-electron chi connectivity index (χ2n) is 4.50. The number of nitrogens with zero attached hydrogens (tertiary/aromatic N) is 2. The zero-order valence-corrected chi connectivity index (χ0v) is 11.4. The molecule has 0 aromatic heterocycles. The van der Waals surface area contributed by atoms with E-state index < -0.39 is 56.1 Å². The van der Waals surface area contributed by atoms with Crippen LogP contribution in [0.15, 0.2) is 0 Å². The summed E-state index contributed by atoms with van der Waals surface area (Å²) < 4.78 is 0. The SMILES string of the molecule is C[C@H](CN(CC(=O)O)CC(=O)O)N(CC(=O)O)CC(=O)O. The molecule has 4 N–H and O–H groups in total. The van der Waals surface area contributed by atoms with Gasteiger partial charge < -0.3 is 20.4 Å². The predicted molar refractivity (Wildman–Crippen MR) is 68.0 cm³/mol. The zero-order valence-electron chi connectivity index (χ0n) is 11.4. The third-order valence-corrected chi connectivity index (χ3v) is 2.54. The van der Waals surface area contributed by atoms with Crippen molar-refractivity contribution in [1.82, 2.24) is 9.80 Å². The number of carboxylic acid groups (broad SMARTS) is 4. The van der Waals surface area contributed by atoms with E-state index in [1.807, 2.05) is 0 Å². The molecule has 120 valence electrons. The van der Waals surface area contributed by atoms with Gasteiger partial charge in [-0.05, 0) is 6.92 Å². The number of hydrogen-bond acceptors (Lipinski definition) is 6. The highest BCUT2D eigenvalue weighted by Crippen LogP contribution is 2.03. The molecule has 0 radical (unpaired) electrons. The molecule has 0 spiro atoms. The van der Waals surface area contributed by atoms with Crippen LogP contribution in [0.3, 0.4) is 0 Å². The topological polar surface area (TPSA) is 156 Å². The van der Waals surface area contributed by atoms with E-state index in [0.29, 0.717) is 0 Å². The van der Waals surface area contributed by atoms with E-state index in [-0.39, 0.29) is 6.54 Å². The van der Waals surface area contributed by atoms with Gasteiger partial charge in [-0.2, -0.15) is 0 Å². The largest absolute Gasteiger partial charge is 0.480 e. The Kier molecular flexibility index (Phi) is 7.94. The summed E-state index contributed by atoms with van der Waals surface area (Å²) in [5, 5.41) is 34.9. The molecule has 0 unspecified atom stereocenters. The average Bonchev–Trinajstić information content (AvgIpc) is 2.24. The maximum absolute atomic E-state index is 10.7. The van der Waals surface area contributed by atoms with Gasteiger partial charge in [0, 0.05) is 12.6 Å². The molecule has 10 heteroatoms. The molecular formula is C11H18N2O8. The Bertz CT molecular complexity index is 379. The lowest BCUT2D eigenvalue weighted by Gasteiger charge is -2.30. The third kappa shape index (κ3) is 9.35. The van der Waals surface area contributed by atoms with Crippen molar-refractivity contribution in [2.45, 2.75) is 13.0 Å². The fourth-order valence-electron chi connectivity index (χ4n) is 1.77. The normalized spacial score (nSPS) is 12.3. The van der Waals surface area contributed by atoms with Crippen LogP contribution in [-0.4, -0.2) is 92.9 Å². The summed E-state index contributed by atoms with van der Waals surface area (Å²) in [7, 11) is 0. The van der Waals surface area contributed by atoms with Gasteiger partial charge in [-0.1, -0.05) is 0 Å². The first-order chi connectivity index (χ1) is 9.61. The van der Waals surface area contributed by atoms with Gasteiger partial charge >= 0.3 is 23.9 Å².